The van der Waals surface area contributed by atoms with E-state index in [-0.39, 0.29) is 0 Å². The molecule has 6 heteroatoms. The first-order valence-electron chi connectivity index (χ1n) is 0.948. The quantitative estimate of drug-likeness (QED) is 0.296. The Balaban J connectivity index is 2.81. The fourth-order valence-electron chi connectivity index (χ4n) is 0.0298. The van der Waals surface area contributed by atoms with Gasteiger partial charge in [-0.25, -0.2) is 0 Å². The van der Waals surface area contributed by atoms with E-state index in [0.29, 0.717) is 0 Å². The molecule has 0 unspecified atom stereocenters. The Morgan fingerprint density at radius 2 is 2.17 bits per heavy atom. The molecule has 36 valence electrons. The average molecular weight is 111 g/mol. The summed E-state index contributed by atoms with van der Waals surface area (Å²) in [6.45, 7) is 0. The molecule has 0 bridgehead atoms. The van der Waals surface area contributed by atoms with E-state index in [9.17, 15) is 0 Å². The molecule has 0 rings (SSSR count). The highest BCUT2D eigenvalue weighted by Crippen LogP contribution is 2.23. The first kappa shape index (κ1) is 5.75. The van der Waals surface area contributed by atoms with E-state index in [4.69, 9.17) is 14.7 Å². The second kappa shape index (κ2) is 2.96. The lowest BCUT2D eigenvalue weighted by Crippen LogP contribution is -1.66. The lowest BCUT2D eigenvalue weighted by molar-refractivity contribution is 0.264. The van der Waals surface area contributed by atoms with Crippen LogP contribution in [0, 0.1) is 4.91 Å². The Morgan fingerprint density at radius 3 is 2.17 bits per heavy atom. The molecule has 0 aromatic heterocycles. The van der Waals surface area contributed by atoms with Gasteiger partial charge in [-0.3, -0.25) is 4.62 Å². The highest BCUT2D eigenvalue weighted by atomic mass is 31.2. The minimum absolute atomic E-state index is 1.71. The molecule has 0 atom stereocenters. The Morgan fingerprint density at radius 1 is 1.67 bits per heavy atom. The SMILES string of the molecule is O=NOP(O)O. The van der Waals surface area contributed by atoms with Crippen LogP contribution < -0.4 is 0 Å². The van der Waals surface area contributed by atoms with Gasteiger partial charge in [0.05, 0.1) is 0 Å². The van der Waals surface area contributed by atoms with Gasteiger partial charge in [0.25, 0.3) is 0 Å². The summed E-state index contributed by atoms with van der Waals surface area (Å²) in [6.07, 6.45) is 0. The zero-order valence-corrected chi connectivity index (χ0v) is 3.50. The van der Waals surface area contributed by atoms with Gasteiger partial charge in [0, 0.05) is 0 Å². The molecule has 0 heterocycles. The molecule has 6 heavy (non-hydrogen) atoms. The van der Waals surface area contributed by atoms with Crippen molar-refractivity contribution in [2.75, 3.05) is 0 Å². The molecule has 5 nitrogen and oxygen atoms in total. The predicted octanol–water partition coefficient (Wildman–Crippen LogP) is -0.104. The van der Waals surface area contributed by atoms with Crippen LogP contribution in [0.5, 0.6) is 0 Å². The van der Waals surface area contributed by atoms with Gasteiger partial charge in [-0.15, -0.1) is 4.91 Å². The van der Waals surface area contributed by atoms with Crippen molar-refractivity contribution in [3.63, 3.8) is 0 Å². The summed E-state index contributed by atoms with van der Waals surface area (Å²) in [4.78, 5) is 24.2. The molecule has 0 spiro atoms. The smallest absolute Gasteiger partial charge is 0.317 e. The monoisotopic (exact) mass is 111 g/mol. The molecule has 0 fully saturated rings. The van der Waals surface area contributed by atoms with Crippen molar-refractivity contribution < 1.29 is 14.4 Å². The van der Waals surface area contributed by atoms with Crippen molar-refractivity contribution in [1.29, 1.82) is 0 Å². The molecule has 0 amide bonds. The zero-order valence-electron chi connectivity index (χ0n) is 2.61. The van der Waals surface area contributed by atoms with E-state index < -0.39 is 8.60 Å². The second-order valence-electron chi connectivity index (χ2n) is 0.409. The molecular weight excluding hydrogens is 109 g/mol. The van der Waals surface area contributed by atoms with Crippen LogP contribution in [-0.2, 0) is 4.62 Å². The topological polar surface area (TPSA) is 79.1 Å². The molecule has 0 aromatic carbocycles. The first-order chi connectivity index (χ1) is 2.77. The third kappa shape index (κ3) is 3.75. The van der Waals surface area contributed by atoms with E-state index in [1.165, 1.54) is 0 Å². The summed E-state index contributed by atoms with van der Waals surface area (Å²) in [5, 5.41) is 1.71. The minimum atomic E-state index is -2.58. The Hall–Kier alpha value is -0.250. The highest BCUT2D eigenvalue weighted by molar-refractivity contribution is 7.39. The van der Waals surface area contributed by atoms with Crippen molar-refractivity contribution in [3.05, 3.63) is 4.91 Å². The van der Waals surface area contributed by atoms with Gasteiger partial charge in [0.15, 0.2) is 5.34 Å². The maximum Gasteiger partial charge on any atom is 0.418 e. The van der Waals surface area contributed by atoms with Crippen LogP contribution in [0.25, 0.3) is 0 Å². The molecule has 0 aliphatic heterocycles. The maximum atomic E-state index is 8.84. The number of rotatable bonds is 2. The van der Waals surface area contributed by atoms with Crippen molar-refractivity contribution in [2.45, 2.75) is 0 Å². The summed E-state index contributed by atoms with van der Waals surface area (Å²) < 4.78 is 3.29. The standard InChI is InChI=1S/H2NO4P/c2-1-5-6(3)4/h3-4H. The third-order valence-electron chi connectivity index (χ3n) is 0.106. The highest BCUT2D eigenvalue weighted by Gasteiger charge is 1.94. The van der Waals surface area contributed by atoms with E-state index in [1.807, 2.05) is 0 Å². The lowest BCUT2D eigenvalue weighted by atomic mass is 13.4. The average Bonchev–Trinajstić information content (AvgIpc) is 1.35. The number of hydrogen-bond donors (Lipinski definition) is 2. The molecule has 0 saturated carbocycles. The molecule has 0 aliphatic rings. The summed E-state index contributed by atoms with van der Waals surface area (Å²) in [5.41, 5.74) is 0. The molecule has 0 radical (unpaired) electrons. The van der Waals surface area contributed by atoms with Gasteiger partial charge >= 0.3 is 8.60 Å². The molecule has 0 aliphatic carbocycles. The Kier molecular flexibility index (Phi) is 2.84. The van der Waals surface area contributed by atoms with Gasteiger partial charge in [0.1, 0.15) is 0 Å². The van der Waals surface area contributed by atoms with Gasteiger partial charge < -0.3 is 9.79 Å². The fourth-order valence-corrected chi connectivity index (χ4v) is 0.0894. The van der Waals surface area contributed by atoms with Crippen LogP contribution in [-0.4, -0.2) is 9.79 Å². The van der Waals surface area contributed by atoms with Crippen molar-refractivity contribution in [1.82, 2.24) is 0 Å². The summed E-state index contributed by atoms with van der Waals surface area (Å²) in [6, 6.07) is 0. The van der Waals surface area contributed by atoms with E-state index in [2.05, 4.69) is 4.62 Å². The minimum Gasteiger partial charge on any atom is -0.317 e. The zero-order chi connectivity index (χ0) is 4.99. The van der Waals surface area contributed by atoms with Crippen LogP contribution >= 0.6 is 8.60 Å². The van der Waals surface area contributed by atoms with E-state index >= 15 is 0 Å². The fraction of sp³-hybridized carbons (Fsp3) is 0. The Labute approximate surface area is 34.5 Å². The second-order valence-corrected chi connectivity index (χ2v) is 1.08. The van der Waals surface area contributed by atoms with Crippen molar-refractivity contribution >= 4 is 8.60 Å². The maximum absolute atomic E-state index is 8.84. The Bertz CT molecular complexity index is 42.8. The summed E-state index contributed by atoms with van der Waals surface area (Å²) in [5.74, 6) is 0. The molecule has 0 aromatic rings. The van der Waals surface area contributed by atoms with Gasteiger partial charge in [-0.05, 0) is 0 Å². The van der Waals surface area contributed by atoms with Crippen molar-refractivity contribution in [2.24, 2.45) is 5.34 Å². The van der Waals surface area contributed by atoms with Gasteiger partial charge in [-0.1, -0.05) is 0 Å². The predicted molar refractivity (Wildman–Crippen MR) is 18.2 cm³/mol. The van der Waals surface area contributed by atoms with Gasteiger partial charge in [0.2, 0.25) is 0 Å². The van der Waals surface area contributed by atoms with Crippen LogP contribution in [0.1, 0.15) is 0 Å². The number of nitrogens with zero attached hydrogens (tertiary/aromatic N) is 1. The third-order valence-corrected chi connectivity index (χ3v) is 0.319. The largest absolute Gasteiger partial charge is 0.418 e. The van der Waals surface area contributed by atoms with Crippen LogP contribution in [0.4, 0.5) is 0 Å². The van der Waals surface area contributed by atoms with Crippen LogP contribution in [0.3, 0.4) is 0 Å². The molecule has 0 saturated heterocycles. The van der Waals surface area contributed by atoms with E-state index in [1.54, 1.807) is 5.34 Å². The lowest BCUT2D eigenvalue weighted by Gasteiger charge is -1.86. The molecule has 2 N–H and O–H groups in total. The molecular formula is H2NO4P. The number of hydrogen-bond acceptors (Lipinski definition) is 5. The van der Waals surface area contributed by atoms with Crippen LogP contribution in [0.15, 0.2) is 5.34 Å². The van der Waals surface area contributed by atoms with Crippen molar-refractivity contribution in [3.8, 4) is 0 Å². The first-order valence-corrected chi connectivity index (χ1v) is 2.11. The van der Waals surface area contributed by atoms with Gasteiger partial charge in [-0.2, -0.15) is 0 Å². The summed E-state index contributed by atoms with van der Waals surface area (Å²) >= 11 is 0. The van der Waals surface area contributed by atoms with Crippen LogP contribution in [0.2, 0.25) is 0 Å². The van der Waals surface area contributed by atoms with E-state index in [0.717, 1.165) is 0 Å². The normalized spacial score (nSPS) is 8.50. The summed E-state index contributed by atoms with van der Waals surface area (Å²) in [7, 11) is -2.58.